The van der Waals surface area contributed by atoms with Gasteiger partial charge < -0.3 is 14.2 Å². The van der Waals surface area contributed by atoms with E-state index in [1.807, 2.05) is 44.2 Å². The van der Waals surface area contributed by atoms with Crippen LogP contribution in [0.2, 0.25) is 0 Å². The van der Waals surface area contributed by atoms with E-state index in [1.165, 1.54) is 0 Å². The molecule has 5 heteroatoms. The molecule has 1 aromatic carbocycles. The molecule has 0 aromatic heterocycles. The second kappa shape index (κ2) is 5.46. The molecule has 21 heavy (non-hydrogen) atoms. The van der Waals surface area contributed by atoms with Gasteiger partial charge in [-0.1, -0.05) is 37.3 Å². The van der Waals surface area contributed by atoms with Crippen molar-refractivity contribution in [3.8, 4) is 0 Å². The molecule has 0 spiro atoms. The molecule has 5 atom stereocenters. The summed E-state index contributed by atoms with van der Waals surface area (Å²) < 4.78 is 16.9. The highest BCUT2D eigenvalue weighted by Crippen LogP contribution is 2.48. The van der Waals surface area contributed by atoms with Crippen LogP contribution in [0.3, 0.4) is 0 Å². The van der Waals surface area contributed by atoms with Gasteiger partial charge in [-0.15, -0.1) is 0 Å². The van der Waals surface area contributed by atoms with Crippen LogP contribution in [-0.4, -0.2) is 38.1 Å². The molecule has 2 aliphatic heterocycles. The molecule has 0 aliphatic carbocycles. The molecule has 0 amide bonds. The standard InChI is InChI=1S/C16H19BO4/c1-10-13-14(17)21-16(10,9-20-13)11(2)15(18)19-8-12-6-4-3-5-7-12/h3-7,10-11,13-14H,8-9H2,1-2H3/t10?,11?,13?,14-,16+/m1/s1. The predicted molar refractivity (Wildman–Crippen MR) is 77.7 cm³/mol. The largest absolute Gasteiger partial charge is 0.461 e. The topological polar surface area (TPSA) is 44.8 Å². The van der Waals surface area contributed by atoms with Crippen LogP contribution < -0.4 is 0 Å². The first-order valence-corrected chi connectivity index (χ1v) is 7.30. The van der Waals surface area contributed by atoms with Crippen molar-refractivity contribution in [3.05, 3.63) is 35.9 Å². The Hall–Kier alpha value is -1.33. The molecule has 2 radical (unpaired) electrons. The molecule has 1 aromatic rings. The van der Waals surface area contributed by atoms with Gasteiger partial charge in [0.15, 0.2) is 0 Å². The van der Waals surface area contributed by atoms with Gasteiger partial charge in [0.2, 0.25) is 0 Å². The first-order chi connectivity index (χ1) is 10.0. The summed E-state index contributed by atoms with van der Waals surface area (Å²) in [6.07, 6.45) is -0.130. The lowest BCUT2D eigenvalue weighted by atomic mass is 9.79. The lowest BCUT2D eigenvalue weighted by Gasteiger charge is -2.34. The summed E-state index contributed by atoms with van der Waals surface area (Å²) >= 11 is 0. The van der Waals surface area contributed by atoms with E-state index in [0.717, 1.165) is 5.56 Å². The SMILES string of the molecule is [B][C@@H]1O[C@@]2(C(C)C(=O)OCc3ccccc3)COC1C2C. The van der Waals surface area contributed by atoms with Gasteiger partial charge in [-0.3, -0.25) is 4.79 Å². The average Bonchev–Trinajstić information content (AvgIpc) is 2.95. The number of hydrogen-bond donors (Lipinski definition) is 0. The molecule has 2 aliphatic rings. The smallest absolute Gasteiger partial charge is 0.312 e. The fraction of sp³-hybridized carbons (Fsp3) is 0.562. The molecule has 0 saturated carbocycles. The lowest BCUT2D eigenvalue weighted by Crippen LogP contribution is -2.47. The maximum absolute atomic E-state index is 12.3. The number of rotatable bonds is 4. The summed E-state index contributed by atoms with van der Waals surface area (Å²) in [6.45, 7) is 4.51. The highest BCUT2D eigenvalue weighted by atomic mass is 16.6. The van der Waals surface area contributed by atoms with Gasteiger partial charge in [-0.05, 0) is 12.5 Å². The molecule has 2 fully saturated rings. The van der Waals surface area contributed by atoms with Gasteiger partial charge in [0, 0.05) is 11.9 Å². The Morgan fingerprint density at radius 2 is 2.19 bits per heavy atom. The summed E-state index contributed by atoms with van der Waals surface area (Å²) in [5, 5.41) is 0. The molecule has 3 unspecified atom stereocenters. The summed E-state index contributed by atoms with van der Waals surface area (Å²) in [5.41, 5.74) is 0.311. The second-order valence-electron chi connectivity index (χ2n) is 5.92. The van der Waals surface area contributed by atoms with E-state index in [9.17, 15) is 4.79 Å². The van der Waals surface area contributed by atoms with Crippen LogP contribution in [-0.2, 0) is 25.6 Å². The third-order valence-electron chi connectivity index (χ3n) is 4.75. The van der Waals surface area contributed by atoms with E-state index >= 15 is 0 Å². The number of esters is 1. The summed E-state index contributed by atoms with van der Waals surface area (Å²) in [5.74, 6) is -0.592. The Bertz CT molecular complexity index is 520. The Labute approximate surface area is 126 Å². The predicted octanol–water partition coefficient (Wildman–Crippen LogP) is 1.66. The molecule has 110 valence electrons. The summed E-state index contributed by atoms with van der Waals surface area (Å²) in [7, 11) is 5.90. The fourth-order valence-electron chi connectivity index (χ4n) is 3.30. The minimum Gasteiger partial charge on any atom is -0.461 e. The van der Waals surface area contributed by atoms with E-state index in [0.29, 0.717) is 6.61 Å². The van der Waals surface area contributed by atoms with E-state index < -0.39 is 17.5 Å². The van der Waals surface area contributed by atoms with Gasteiger partial charge in [0.05, 0.1) is 18.6 Å². The Morgan fingerprint density at radius 3 is 2.76 bits per heavy atom. The number of fused-ring (bicyclic) bond motifs is 2. The Morgan fingerprint density at radius 1 is 1.48 bits per heavy atom. The monoisotopic (exact) mass is 286 g/mol. The normalized spacial score (nSPS) is 35.6. The molecular formula is C16H19BO4. The zero-order valence-corrected chi connectivity index (χ0v) is 12.3. The summed E-state index contributed by atoms with van der Waals surface area (Å²) in [4.78, 5) is 12.3. The Balaban J connectivity index is 1.65. The van der Waals surface area contributed by atoms with E-state index in [-0.39, 0.29) is 24.6 Å². The zero-order valence-electron chi connectivity index (χ0n) is 12.3. The van der Waals surface area contributed by atoms with Crippen molar-refractivity contribution in [3.63, 3.8) is 0 Å². The van der Waals surface area contributed by atoms with E-state index in [1.54, 1.807) is 0 Å². The summed E-state index contributed by atoms with van der Waals surface area (Å²) in [6, 6.07) is 9.16. The number of carbonyl (C=O) groups excluding carboxylic acids is 1. The third-order valence-corrected chi connectivity index (χ3v) is 4.75. The minimum atomic E-state index is -0.655. The van der Waals surface area contributed by atoms with Crippen LogP contribution in [0.25, 0.3) is 0 Å². The van der Waals surface area contributed by atoms with E-state index in [4.69, 9.17) is 22.1 Å². The van der Waals surface area contributed by atoms with Crippen molar-refractivity contribution >= 4 is 13.8 Å². The molecule has 2 saturated heterocycles. The maximum atomic E-state index is 12.3. The van der Waals surface area contributed by atoms with Crippen molar-refractivity contribution in [1.29, 1.82) is 0 Å². The number of hydrogen-bond acceptors (Lipinski definition) is 4. The van der Waals surface area contributed by atoms with Crippen LogP contribution >= 0.6 is 0 Å². The number of ether oxygens (including phenoxy) is 3. The van der Waals surface area contributed by atoms with Gasteiger partial charge in [-0.25, -0.2) is 0 Å². The third kappa shape index (κ3) is 2.38. The van der Waals surface area contributed by atoms with Crippen LogP contribution in [0, 0.1) is 11.8 Å². The quantitative estimate of drug-likeness (QED) is 0.624. The van der Waals surface area contributed by atoms with Crippen molar-refractivity contribution in [2.75, 3.05) is 6.61 Å². The minimum absolute atomic E-state index is 0.0896. The van der Waals surface area contributed by atoms with Crippen molar-refractivity contribution < 1.29 is 19.0 Å². The van der Waals surface area contributed by atoms with Crippen molar-refractivity contribution in [2.24, 2.45) is 11.8 Å². The molecular weight excluding hydrogens is 267 g/mol. The van der Waals surface area contributed by atoms with Gasteiger partial charge in [-0.2, -0.15) is 0 Å². The average molecular weight is 286 g/mol. The van der Waals surface area contributed by atoms with Crippen LogP contribution in [0.5, 0.6) is 0 Å². The number of carbonyl (C=O) groups is 1. The van der Waals surface area contributed by atoms with Crippen LogP contribution in [0.15, 0.2) is 30.3 Å². The molecule has 4 nitrogen and oxygen atoms in total. The van der Waals surface area contributed by atoms with Gasteiger partial charge >= 0.3 is 5.97 Å². The van der Waals surface area contributed by atoms with Crippen LogP contribution in [0.1, 0.15) is 19.4 Å². The van der Waals surface area contributed by atoms with Gasteiger partial charge in [0.25, 0.3) is 0 Å². The highest BCUT2D eigenvalue weighted by Gasteiger charge is 2.61. The molecule has 3 rings (SSSR count). The molecule has 2 heterocycles. The maximum Gasteiger partial charge on any atom is 0.312 e. The molecule has 0 N–H and O–H groups in total. The first-order valence-electron chi connectivity index (χ1n) is 7.30. The van der Waals surface area contributed by atoms with Crippen molar-refractivity contribution in [2.45, 2.75) is 38.2 Å². The highest BCUT2D eigenvalue weighted by molar-refractivity contribution is 6.11. The van der Waals surface area contributed by atoms with Gasteiger partial charge in [0.1, 0.15) is 20.1 Å². The van der Waals surface area contributed by atoms with E-state index in [2.05, 4.69) is 0 Å². The van der Waals surface area contributed by atoms with Crippen molar-refractivity contribution in [1.82, 2.24) is 0 Å². The lowest BCUT2D eigenvalue weighted by molar-refractivity contribution is -0.174. The Kier molecular flexibility index (Phi) is 3.80. The fourth-order valence-corrected chi connectivity index (χ4v) is 3.30. The number of benzene rings is 1. The first kappa shape index (κ1) is 14.6. The zero-order chi connectivity index (χ0) is 15.0. The molecule has 2 bridgehead atoms. The van der Waals surface area contributed by atoms with Crippen LogP contribution in [0.4, 0.5) is 0 Å². The second-order valence-corrected chi connectivity index (χ2v) is 5.92.